The molecule has 0 radical (unpaired) electrons. The highest BCUT2D eigenvalue weighted by Gasteiger charge is 2.22. The molecule has 2 N–H and O–H groups in total. The standard InChI is InChI=1S/C14H19ClN2O2/c1-19-13-5-2-10(8-12(13)15)9-16-7-6-14(18)17-11-3-4-11/h2,5,8,11,16H,3-4,6-7,9H2,1H3,(H,17,18). The van der Waals surface area contributed by atoms with Crippen LogP contribution < -0.4 is 15.4 Å². The van der Waals surface area contributed by atoms with Crippen LogP contribution in [0.3, 0.4) is 0 Å². The second kappa shape index (κ2) is 6.78. The molecule has 1 fully saturated rings. The van der Waals surface area contributed by atoms with E-state index in [-0.39, 0.29) is 5.91 Å². The van der Waals surface area contributed by atoms with Crippen LogP contribution >= 0.6 is 11.6 Å². The number of nitrogens with one attached hydrogen (secondary N) is 2. The van der Waals surface area contributed by atoms with Gasteiger partial charge in [-0.25, -0.2) is 0 Å². The minimum Gasteiger partial charge on any atom is -0.495 e. The first kappa shape index (κ1) is 14.2. The fraction of sp³-hybridized carbons (Fsp3) is 0.500. The summed E-state index contributed by atoms with van der Waals surface area (Å²) in [6, 6.07) is 6.12. The lowest BCUT2D eigenvalue weighted by Gasteiger charge is -2.08. The Hall–Kier alpha value is -1.26. The molecule has 1 saturated carbocycles. The zero-order valence-electron chi connectivity index (χ0n) is 11.0. The third kappa shape index (κ3) is 4.73. The van der Waals surface area contributed by atoms with Crippen LogP contribution in [-0.4, -0.2) is 25.6 Å². The molecule has 1 aliphatic carbocycles. The Morgan fingerprint density at radius 3 is 2.89 bits per heavy atom. The molecule has 4 nitrogen and oxygen atoms in total. The Bertz CT molecular complexity index is 447. The van der Waals surface area contributed by atoms with Gasteiger partial charge in [0.2, 0.25) is 5.91 Å². The monoisotopic (exact) mass is 282 g/mol. The Morgan fingerprint density at radius 2 is 2.26 bits per heavy atom. The van der Waals surface area contributed by atoms with E-state index in [1.807, 2.05) is 18.2 Å². The van der Waals surface area contributed by atoms with Crippen molar-refractivity contribution in [3.8, 4) is 5.75 Å². The van der Waals surface area contributed by atoms with Crippen molar-refractivity contribution in [2.75, 3.05) is 13.7 Å². The van der Waals surface area contributed by atoms with Crippen molar-refractivity contribution in [2.24, 2.45) is 0 Å². The van der Waals surface area contributed by atoms with Crippen LogP contribution in [0.4, 0.5) is 0 Å². The molecule has 1 amide bonds. The van der Waals surface area contributed by atoms with Gasteiger partial charge in [0.15, 0.2) is 0 Å². The van der Waals surface area contributed by atoms with Crippen LogP contribution in [-0.2, 0) is 11.3 Å². The lowest BCUT2D eigenvalue weighted by atomic mass is 10.2. The molecule has 19 heavy (non-hydrogen) atoms. The highest BCUT2D eigenvalue weighted by molar-refractivity contribution is 6.32. The molecular formula is C14H19ClN2O2. The van der Waals surface area contributed by atoms with Gasteiger partial charge in [-0.2, -0.15) is 0 Å². The van der Waals surface area contributed by atoms with E-state index in [0.717, 1.165) is 18.4 Å². The van der Waals surface area contributed by atoms with Gasteiger partial charge in [-0.05, 0) is 30.5 Å². The van der Waals surface area contributed by atoms with Crippen LogP contribution in [0.5, 0.6) is 5.75 Å². The van der Waals surface area contributed by atoms with Gasteiger partial charge in [0.25, 0.3) is 0 Å². The normalized spacial score (nSPS) is 14.2. The Balaban J connectivity index is 1.67. The number of hydrogen-bond donors (Lipinski definition) is 2. The quantitative estimate of drug-likeness (QED) is 0.753. The van der Waals surface area contributed by atoms with Crippen molar-refractivity contribution in [2.45, 2.75) is 31.8 Å². The number of hydrogen-bond acceptors (Lipinski definition) is 3. The van der Waals surface area contributed by atoms with E-state index in [4.69, 9.17) is 16.3 Å². The SMILES string of the molecule is COc1ccc(CNCCC(=O)NC2CC2)cc1Cl. The number of amides is 1. The Morgan fingerprint density at radius 1 is 1.47 bits per heavy atom. The molecular weight excluding hydrogens is 264 g/mol. The lowest BCUT2D eigenvalue weighted by Crippen LogP contribution is -2.28. The molecule has 0 heterocycles. The van der Waals surface area contributed by atoms with Crippen LogP contribution in [0, 0.1) is 0 Å². The van der Waals surface area contributed by atoms with Crippen molar-refractivity contribution < 1.29 is 9.53 Å². The topological polar surface area (TPSA) is 50.4 Å². The third-order valence-corrected chi connectivity index (χ3v) is 3.31. The van der Waals surface area contributed by atoms with Gasteiger partial charge in [0.05, 0.1) is 12.1 Å². The van der Waals surface area contributed by atoms with Gasteiger partial charge in [-0.1, -0.05) is 17.7 Å². The van der Waals surface area contributed by atoms with Gasteiger partial charge < -0.3 is 15.4 Å². The maximum atomic E-state index is 11.5. The fourth-order valence-electron chi connectivity index (χ4n) is 1.78. The second-order valence-electron chi connectivity index (χ2n) is 4.74. The number of methoxy groups -OCH3 is 1. The van der Waals surface area contributed by atoms with Crippen LogP contribution in [0.15, 0.2) is 18.2 Å². The third-order valence-electron chi connectivity index (χ3n) is 3.02. The molecule has 0 unspecified atom stereocenters. The molecule has 0 atom stereocenters. The van der Waals surface area contributed by atoms with Crippen molar-refractivity contribution in [3.63, 3.8) is 0 Å². The van der Waals surface area contributed by atoms with E-state index in [2.05, 4.69) is 10.6 Å². The molecule has 0 aliphatic heterocycles. The van der Waals surface area contributed by atoms with Crippen LogP contribution in [0.25, 0.3) is 0 Å². The van der Waals surface area contributed by atoms with Gasteiger partial charge in [-0.15, -0.1) is 0 Å². The number of rotatable bonds is 7. The number of halogens is 1. The molecule has 1 aromatic carbocycles. The average Bonchev–Trinajstić information content (AvgIpc) is 3.19. The Labute approximate surface area is 118 Å². The van der Waals surface area contributed by atoms with E-state index in [9.17, 15) is 4.79 Å². The molecule has 5 heteroatoms. The predicted octanol–water partition coefficient (Wildman–Crippen LogP) is 2.11. The minimum atomic E-state index is 0.128. The molecule has 1 aliphatic rings. The summed E-state index contributed by atoms with van der Waals surface area (Å²) in [4.78, 5) is 11.5. The number of carbonyl (C=O) groups is 1. The molecule has 0 spiro atoms. The summed E-state index contributed by atoms with van der Waals surface area (Å²) in [7, 11) is 1.59. The highest BCUT2D eigenvalue weighted by atomic mass is 35.5. The second-order valence-corrected chi connectivity index (χ2v) is 5.14. The van der Waals surface area contributed by atoms with Crippen molar-refractivity contribution in [1.29, 1.82) is 0 Å². The molecule has 104 valence electrons. The fourth-order valence-corrected chi connectivity index (χ4v) is 2.06. The summed E-state index contributed by atoms with van der Waals surface area (Å²) in [5.41, 5.74) is 1.08. The first-order valence-corrected chi connectivity index (χ1v) is 6.89. The summed E-state index contributed by atoms with van der Waals surface area (Å²) in [6.07, 6.45) is 2.77. The minimum absolute atomic E-state index is 0.128. The smallest absolute Gasteiger partial charge is 0.221 e. The number of benzene rings is 1. The van der Waals surface area contributed by atoms with Gasteiger partial charge in [-0.3, -0.25) is 4.79 Å². The highest BCUT2D eigenvalue weighted by Crippen LogP contribution is 2.24. The van der Waals surface area contributed by atoms with E-state index < -0.39 is 0 Å². The maximum Gasteiger partial charge on any atom is 0.221 e. The molecule has 0 aromatic heterocycles. The molecule has 0 bridgehead atoms. The van der Waals surface area contributed by atoms with Gasteiger partial charge in [0, 0.05) is 25.6 Å². The summed E-state index contributed by atoms with van der Waals surface area (Å²) >= 11 is 6.04. The summed E-state index contributed by atoms with van der Waals surface area (Å²) in [5, 5.41) is 6.80. The first-order valence-electron chi connectivity index (χ1n) is 6.51. The summed E-state index contributed by atoms with van der Waals surface area (Å²) < 4.78 is 5.09. The number of carbonyl (C=O) groups excluding carboxylic acids is 1. The van der Waals surface area contributed by atoms with Gasteiger partial charge in [0.1, 0.15) is 5.75 Å². The predicted molar refractivity (Wildman–Crippen MR) is 75.5 cm³/mol. The Kier molecular flexibility index (Phi) is 5.05. The van der Waals surface area contributed by atoms with Crippen molar-refractivity contribution in [1.82, 2.24) is 10.6 Å². The van der Waals surface area contributed by atoms with E-state index >= 15 is 0 Å². The van der Waals surface area contributed by atoms with Crippen LogP contribution in [0.1, 0.15) is 24.8 Å². The summed E-state index contributed by atoms with van der Waals surface area (Å²) in [5.74, 6) is 0.803. The first-order chi connectivity index (χ1) is 9.19. The zero-order valence-corrected chi connectivity index (χ0v) is 11.8. The average molecular weight is 283 g/mol. The number of ether oxygens (including phenoxy) is 1. The van der Waals surface area contributed by atoms with Gasteiger partial charge >= 0.3 is 0 Å². The molecule has 1 aromatic rings. The van der Waals surface area contributed by atoms with Crippen LogP contribution in [0.2, 0.25) is 5.02 Å². The van der Waals surface area contributed by atoms with E-state index in [1.54, 1.807) is 7.11 Å². The van der Waals surface area contributed by atoms with E-state index in [0.29, 0.717) is 36.3 Å². The van der Waals surface area contributed by atoms with E-state index in [1.165, 1.54) is 0 Å². The van der Waals surface area contributed by atoms with Crippen molar-refractivity contribution in [3.05, 3.63) is 28.8 Å². The van der Waals surface area contributed by atoms with Crippen molar-refractivity contribution >= 4 is 17.5 Å². The summed E-state index contributed by atoms with van der Waals surface area (Å²) in [6.45, 7) is 1.36. The molecule has 0 saturated heterocycles. The maximum absolute atomic E-state index is 11.5. The lowest BCUT2D eigenvalue weighted by molar-refractivity contribution is -0.121. The zero-order chi connectivity index (χ0) is 13.7. The largest absolute Gasteiger partial charge is 0.495 e. The molecule has 2 rings (SSSR count).